The Kier molecular flexibility index (Phi) is 5.39. The molecule has 0 spiro atoms. The van der Waals surface area contributed by atoms with Gasteiger partial charge in [0.05, 0.1) is 0 Å². The first kappa shape index (κ1) is 15.6. The second-order valence-electron chi connectivity index (χ2n) is 5.14. The van der Waals surface area contributed by atoms with E-state index in [4.69, 9.17) is 4.74 Å². The van der Waals surface area contributed by atoms with E-state index < -0.39 is 7.12 Å². The molecule has 0 unspecified atom stereocenters. The summed E-state index contributed by atoms with van der Waals surface area (Å²) in [5, 5.41) is 18.8. The minimum absolute atomic E-state index is 0.499. The third-order valence-corrected chi connectivity index (χ3v) is 3.21. The van der Waals surface area contributed by atoms with Crippen LogP contribution in [0.5, 0.6) is 5.75 Å². The minimum atomic E-state index is -1.47. The van der Waals surface area contributed by atoms with E-state index in [1.807, 2.05) is 50.5 Å². The van der Waals surface area contributed by atoms with Gasteiger partial charge in [-0.15, -0.1) is 0 Å². The molecule has 21 heavy (non-hydrogen) atoms. The van der Waals surface area contributed by atoms with Crippen LogP contribution in [-0.2, 0) is 0 Å². The molecule has 2 rings (SSSR count). The molecule has 0 atom stereocenters. The Hall–Kier alpha value is -1.82. The van der Waals surface area contributed by atoms with E-state index in [1.54, 1.807) is 12.1 Å². The molecule has 2 N–H and O–H groups in total. The summed E-state index contributed by atoms with van der Waals surface area (Å²) in [6.07, 6.45) is 0. The van der Waals surface area contributed by atoms with Gasteiger partial charge in [0.25, 0.3) is 0 Å². The zero-order chi connectivity index (χ0) is 15.2. The molecule has 0 radical (unpaired) electrons. The van der Waals surface area contributed by atoms with Crippen LogP contribution in [0.25, 0.3) is 11.1 Å². The second kappa shape index (κ2) is 7.27. The van der Waals surface area contributed by atoms with Gasteiger partial charge in [-0.3, -0.25) is 0 Å². The molecular formula is C16H20BNO3. The fourth-order valence-corrected chi connectivity index (χ4v) is 2.06. The van der Waals surface area contributed by atoms with E-state index in [2.05, 4.69) is 4.90 Å². The molecule has 0 heterocycles. The van der Waals surface area contributed by atoms with Crippen LogP contribution in [-0.4, -0.2) is 49.3 Å². The largest absolute Gasteiger partial charge is 0.492 e. The Bertz CT molecular complexity index is 570. The lowest BCUT2D eigenvalue weighted by Gasteiger charge is -2.12. The lowest BCUT2D eigenvalue weighted by atomic mass is 9.75. The zero-order valence-corrected chi connectivity index (χ0v) is 12.4. The highest BCUT2D eigenvalue weighted by Gasteiger charge is 2.16. The van der Waals surface area contributed by atoms with Crippen molar-refractivity contribution in [3.8, 4) is 16.9 Å². The van der Waals surface area contributed by atoms with Crippen LogP contribution >= 0.6 is 0 Å². The number of hydrogen-bond donors (Lipinski definition) is 2. The number of ether oxygens (including phenoxy) is 1. The third-order valence-electron chi connectivity index (χ3n) is 3.21. The smallest absolute Gasteiger partial charge is 0.489 e. The van der Waals surface area contributed by atoms with E-state index in [0.717, 1.165) is 23.4 Å². The van der Waals surface area contributed by atoms with Gasteiger partial charge >= 0.3 is 7.12 Å². The first-order valence-corrected chi connectivity index (χ1v) is 6.91. The Morgan fingerprint density at radius 3 is 2.29 bits per heavy atom. The molecule has 0 saturated heterocycles. The molecule has 0 aliphatic heterocycles. The van der Waals surface area contributed by atoms with Crippen LogP contribution in [0.15, 0.2) is 48.5 Å². The Balaban J connectivity index is 2.12. The van der Waals surface area contributed by atoms with Crippen LogP contribution in [0.1, 0.15) is 0 Å². The van der Waals surface area contributed by atoms with Crippen molar-refractivity contribution in [2.24, 2.45) is 0 Å². The highest BCUT2D eigenvalue weighted by Crippen LogP contribution is 2.21. The maximum Gasteiger partial charge on any atom is 0.489 e. The summed E-state index contributed by atoms with van der Waals surface area (Å²) in [5.41, 5.74) is 2.24. The molecule has 0 bridgehead atoms. The Morgan fingerprint density at radius 2 is 1.67 bits per heavy atom. The number of hydrogen-bond acceptors (Lipinski definition) is 4. The molecule has 2 aromatic rings. The van der Waals surface area contributed by atoms with Crippen molar-refractivity contribution in [3.63, 3.8) is 0 Å². The first-order valence-electron chi connectivity index (χ1n) is 6.91. The van der Waals surface area contributed by atoms with Crippen molar-refractivity contribution < 1.29 is 14.8 Å². The summed E-state index contributed by atoms with van der Waals surface area (Å²) in [6, 6.07) is 14.9. The maximum absolute atomic E-state index is 9.41. The summed E-state index contributed by atoms with van der Waals surface area (Å²) >= 11 is 0. The minimum Gasteiger partial charge on any atom is -0.492 e. The monoisotopic (exact) mass is 285 g/mol. The SMILES string of the molecule is CN(C)CCOc1ccc(-c2ccccc2B(O)O)cc1. The van der Waals surface area contributed by atoms with Crippen LogP contribution in [0, 0.1) is 0 Å². The molecule has 2 aromatic carbocycles. The lowest BCUT2D eigenvalue weighted by molar-refractivity contribution is 0.261. The van der Waals surface area contributed by atoms with E-state index in [-0.39, 0.29) is 0 Å². The molecule has 0 amide bonds. The molecule has 5 heteroatoms. The second-order valence-corrected chi connectivity index (χ2v) is 5.14. The van der Waals surface area contributed by atoms with E-state index >= 15 is 0 Å². The molecular weight excluding hydrogens is 265 g/mol. The zero-order valence-electron chi connectivity index (χ0n) is 12.4. The molecule has 0 saturated carbocycles. The van der Waals surface area contributed by atoms with Crippen molar-refractivity contribution in [2.75, 3.05) is 27.2 Å². The van der Waals surface area contributed by atoms with Gasteiger partial charge in [0.1, 0.15) is 12.4 Å². The topological polar surface area (TPSA) is 52.9 Å². The van der Waals surface area contributed by atoms with Gasteiger partial charge < -0.3 is 19.7 Å². The van der Waals surface area contributed by atoms with Gasteiger partial charge in [-0.2, -0.15) is 0 Å². The van der Waals surface area contributed by atoms with E-state index in [9.17, 15) is 10.0 Å². The molecule has 0 aromatic heterocycles. The van der Waals surface area contributed by atoms with E-state index in [1.165, 1.54) is 0 Å². The predicted octanol–water partition coefficient (Wildman–Crippen LogP) is 0.974. The van der Waals surface area contributed by atoms with Crippen molar-refractivity contribution in [2.45, 2.75) is 0 Å². The summed E-state index contributed by atoms with van der Waals surface area (Å²) in [6.45, 7) is 1.50. The van der Waals surface area contributed by atoms with Crippen molar-refractivity contribution >= 4 is 12.6 Å². The lowest BCUT2D eigenvalue weighted by Crippen LogP contribution is -2.31. The van der Waals surface area contributed by atoms with Crippen molar-refractivity contribution in [1.82, 2.24) is 4.90 Å². The van der Waals surface area contributed by atoms with Crippen LogP contribution in [0.2, 0.25) is 0 Å². The normalized spacial score (nSPS) is 10.7. The summed E-state index contributed by atoms with van der Waals surface area (Å²) < 4.78 is 5.64. The van der Waals surface area contributed by atoms with Gasteiger partial charge in [0.15, 0.2) is 0 Å². The maximum atomic E-state index is 9.41. The van der Waals surface area contributed by atoms with Crippen LogP contribution in [0.3, 0.4) is 0 Å². The highest BCUT2D eigenvalue weighted by atomic mass is 16.5. The fraction of sp³-hybridized carbons (Fsp3) is 0.250. The quantitative estimate of drug-likeness (QED) is 0.777. The summed E-state index contributed by atoms with van der Waals surface area (Å²) in [7, 11) is 2.53. The summed E-state index contributed by atoms with van der Waals surface area (Å²) in [4.78, 5) is 2.06. The van der Waals surface area contributed by atoms with Gasteiger partial charge in [-0.05, 0) is 42.8 Å². The third kappa shape index (κ3) is 4.33. The molecule has 0 aliphatic carbocycles. The molecule has 4 nitrogen and oxygen atoms in total. The highest BCUT2D eigenvalue weighted by molar-refractivity contribution is 6.60. The number of rotatable bonds is 6. The van der Waals surface area contributed by atoms with Gasteiger partial charge in [0.2, 0.25) is 0 Å². The fourth-order valence-electron chi connectivity index (χ4n) is 2.06. The molecule has 110 valence electrons. The van der Waals surface area contributed by atoms with Gasteiger partial charge in [-0.25, -0.2) is 0 Å². The number of benzene rings is 2. The predicted molar refractivity (Wildman–Crippen MR) is 85.8 cm³/mol. The van der Waals surface area contributed by atoms with Gasteiger partial charge in [0, 0.05) is 6.54 Å². The number of nitrogens with zero attached hydrogens (tertiary/aromatic N) is 1. The Labute approximate surface area is 125 Å². The van der Waals surface area contributed by atoms with Crippen molar-refractivity contribution in [3.05, 3.63) is 48.5 Å². The summed E-state index contributed by atoms with van der Waals surface area (Å²) in [5.74, 6) is 0.808. The van der Waals surface area contributed by atoms with Gasteiger partial charge in [-0.1, -0.05) is 36.4 Å². The van der Waals surface area contributed by atoms with Crippen LogP contribution in [0.4, 0.5) is 0 Å². The Morgan fingerprint density at radius 1 is 1.00 bits per heavy atom. The average Bonchev–Trinajstić information content (AvgIpc) is 2.47. The molecule has 0 fully saturated rings. The van der Waals surface area contributed by atoms with Crippen LogP contribution < -0.4 is 10.2 Å². The standard InChI is InChI=1S/C16H20BNO3/c1-18(2)11-12-21-14-9-7-13(8-10-14)15-5-3-4-6-16(15)17(19)20/h3-10,19-20H,11-12H2,1-2H3. The first-order chi connectivity index (χ1) is 10.1. The molecule has 0 aliphatic rings. The average molecular weight is 285 g/mol. The van der Waals surface area contributed by atoms with Crippen molar-refractivity contribution in [1.29, 1.82) is 0 Å². The number of likely N-dealkylation sites (N-methyl/N-ethyl adjacent to an activating group) is 1. The van der Waals surface area contributed by atoms with E-state index in [0.29, 0.717) is 12.1 Å².